The normalized spacial score (nSPS) is 15.1. The Balaban J connectivity index is 1.39. The average Bonchev–Trinajstić information content (AvgIpc) is 2.90. The Hall–Kier alpha value is -3.74. The van der Waals surface area contributed by atoms with E-state index in [1.54, 1.807) is 36.5 Å². The van der Waals surface area contributed by atoms with Crippen molar-refractivity contribution in [1.82, 2.24) is 14.3 Å². The van der Waals surface area contributed by atoms with Gasteiger partial charge < -0.3 is 10.1 Å². The molecular formula is C29H33N5O3S. The maximum atomic E-state index is 12.4. The summed E-state index contributed by atoms with van der Waals surface area (Å²) in [5.41, 5.74) is 4.88. The van der Waals surface area contributed by atoms with Gasteiger partial charge in [-0.05, 0) is 99.0 Å². The van der Waals surface area contributed by atoms with Crippen molar-refractivity contribution >= 4 is 27.7 Å². The second kappa shape index (κ2) is 11.8. The van der Waals surface area contributed by atoms with Crippen molar-refractivity contribution in [2.75, 3.05) is 18.4 Å². The molecule has 2 aromatic carbocycles. The van der Waals surface area contributed by atoms with E-state index < -0.39 is 10.0 Å². The van der Waals surface area contributed by atoms with Crippen molar-refractivity contribution in [3.8, 4) is 17.7 Å². The number of hydrogen-bond donors (Lipinski definition) is 1. The first kappa shape index (κ1) is 27.3. The Morgan fingerprint density at radius 2 is 1.76 bits per heavy atom. The smallest absolute Gasteiger partial charge is 0.230 e. The minimum atomic E-state index is -3.19. The van der Waals surface area contributed by atoms with Crippen LogP contribution < -0.4 is 10.1 Å². The number of ether oxygens (including phenoxy) is 1. The van der Waals surface area contributed by atoms with E-state index in [-0.39, 0.29) is 5.25 Å². The van der Waals surface area contributed by atoms with Crippen LogP contribution in [-0.4, -0.2) is 41.0 Å². The van der Waals surface area contributed by atoms with Crippen LogP contribution in [0.25, 0.3) is 6.08 Å². The molecule has 9 heteroatoms. The Bertz CT molecular complexity index is 1430. The van der Waals surface area contributed by atoms with Crippen LogP contribution in [0.4, 0.5) is 11.6 Å². The first-order chi connectivity index (χ1) is 18.2. The van der Waals surface area contributed by atoms with Gasteiger partial charge in [-0.15, -0.1) is 0 Å². The van der Waals surface area contributed by atoms with Gasteiger partial charge in [-0.2, -0.15) is 10.2 Å². The lowest BCUT2D eigenvalue weighted by Gasteiger charge is -2.32. The number of nitrogens with zero attached hydrogens (tertiary/aromatic N) is 4. The van der Waals surface area contributed by atoms with E-state index in [0.717, 1.165) is 41.0 Å². The number of hydrogen-bond acceptors (Lipinski definition) is 7. The zero-order valence-corrected chi connectivity index (χ0v) is 23.0. The Labute approximate surface area is 225 Å². The van der Waals surface area contributed by atoms with Crippen molar-refractivity contribution in [2.45, 2.75) is 51.7 Å². The van der Waals surface area contributed by atoms with Gasteiger partial charge in [0, 0.05) is 37.1 Å². The molecule has 1 aromatic heterocycles. The summed E-state index contributed by atoms with van der Waals surface area (Å²) in [6, 6.07) is 15.8. The number of allylic oxidation sites excluding steroid dienone is 1. The molecule has 0 radical (unpaired) electrons. The second-order valence-electron chi connectivity index (χ2n) is 9.78. The standard InChI is InChI=1S/C29H33N5O3S/c1-20(2)38(35,36)34-16-12-25(13-17-34)24-7-9-26(10-8-24)32-29-31-15-11-27(33-29)37-28-21(3)18-23(6-5-14-30)19-22(28)4/h5-11,15,18-20,25H,12-13,16-17H2,1-4H3,(H,31,32,33)/b6-5+. The fourth-order valence-corrected chi connectivity index (χ4v) is 5.96. The summed E-state index contributed by atoms with van der Waals surface area (Å²) in [6.07, 6.45) is 6.49. The summed E-state index contributed by atoms with van der Waals surface area (Å²) in [5.74, 6) is 1.91. The summed E-state index contributed by atoms with van der Waals surface area (Å²) in [4.78, 5) is 8.83. The summed E-state index contributed by atoms with van der Waals surface area (Å²) < 4.78 is 32.6. The van der Waals surface area contributed by atoms with Crippen LogP contribution in [-0.2, 0) is 10.0 Å². The molecule has 1 fully saturated rings. The molecule has 0 amide bonds. The lowest BCUT2D eigenvalue weighted by molar-refractivity contribution is 0.317. The van der Waals surface area contributed by atoms with Crippen LogP contribution in [0.2, 0.25) is 0 Å². The van der Waals surface area contributed by atoms with Gasteiger partial charge in [0.15, 0.2) is 0 Å². The highest BCUT2D eigenvalue weighted by Gasteiger charge is 2.30. The van der Waals surface area contributed by atoms with Gasteiger partial charge in [-0.25, -0.2) is 17.7 Å². The van der Waals surface area contributed by atoms with E-state index in [4.69, 9.17) is 10.00 Å². The minimum absolute atomic E-state index is 0.337. The predicted octanol–water partition coefficient (Wildman–Crippen LogP) is 6.08. The number of aromatic nitrogens is 2. The van der Waals surface area contributed by atoms with E-state index in [1.165, 1.54) is 11.6 Å². The number of benzene rings is 2. The van der Waals surface area contributed by atoms with E-state index in [9.17, 15) is 8.42 Å². The van der Waals surface area contributed by atoms with Gasteiger partial charge in [0.05, 0.1) is 11.3 Å². The highest BCUT2D eigenvalue weighted by atomic mass is 32.2. The zero-order chi connectivity index (χ0) is 27.3. The molecule has 0 unspecified atom stereocenters. The van der Waals surface area contributed by atoms with Crippen LogP contribution in [0.15, 0.2) is 54.7 Å². The number of aryl methyl sites for hydroxylation is 2. The van der Waals surface area contributed by atoms with Crippen LogP contribution >= 0.6 is 0 Å². The van der Waals surface area contributed by atoms with Crippen molar-refractivity contribution < 1.29 is 13.2 Å². The van der Waals surface area contributed by atoms with Gasteiger partial charge in [-0.1, -0.05) is 12.1 Å². The van der Waals surface area contributed by atoms with Crippen LogP contribution in [0, 0.1) is 25.2 Å². The van der Waals surface area contributed by atoms with Gasteiger partial charge in [-0.3, -0.25) is 0 Å². The molecule has 198 valence electrons. The number of nitriles is 1. The summed E-state index contributed by atoms with van der Waals surface area (Å²) in [7, 11) is -3.19. The first-order valence-corrected chi connectivity index (χ1v) is 14.2. The fraction of sp³-hybridized carbons (Fsp3) is 0.345. The molecule has 3 aromatic rings. The topological polar surface area (TPSA) is 108 Å². The molecule has 8 nitrogen and oxygen atoms in total. The fourth-order valence-electron chi connectivity index (χ4n) is 4.65. The van der Waals surface area contributed by atoms with Gasteiger partial charge in [0.2, 0.25) is 21.9 Å². The molecule has 0 bridgehead atoms. The van der Waals surface area contributed by atoms with Crippen LogP contribution in [0.5, 0.6) is 11.6 Å². The van der Waals surface area contributed by atoms with Crippen molar-refractivity contribution in [1.29, 1.82) is 5.26 Å². The molecule has 0 saturated carbocycles. The maximum absolute atomic E-state index is 12.4. The molecule has 4 rings (SSSR count). The number of rotatable bonds is 8. The lowest BCUT2D eigenvalue weighted by atomic mass is 9.90. The van der Waals surface area contributed by atoms with E-state index >= 15 is 0 Å². The highest BCUT2D eigenvalue weighted by Crippen LogP contribution is 2.32. The zero-order valence-electron chi connectivity index (χ0n) is 22.2. The van der Waals surface area contributed by atoms with Crippen molar-refractivity contribution in [3.63, 3.8) is 0 Å². The summed E-state index contributed by atoms with van der Waals surface area (Å²) >= 11 is 0. The number of nitrogens with one attached hydrogen (secondary N) is 1. The highest BCUT2D eigenvalue weighted by molar-refractivity contribution is 7.89. The third kappa shape index (κ3) is 6.39. The number of piperidine rings is 1. The Morgan fingerprint density at radius 1 is 1.11 bits per heavy atom. The third-order valence-corrected chi connectivity index (χ3v) is 8.99. The molecule has 38 heavy (non-hydrogen) atoms. The SMILES string of the molecule is Cc1cc(/C=C/C#N)cc(C)c1Oc1ccnc(Nc2ccc(C3CCN(S(=O)(=O)C(C)C)CC3)cc2)n1. The number of anilines is 2. The molecule has 2 heterocycles. The lowest BCUT2D eigenvalue weighted by Crippen LogP contribution is -2.41. The Morgan fingerprint density at radius 3 is 2.37 bits per heavy atom. The van der Waals surface area contributed by atoms with Crippen molar-refractivity contribution in [3.05, 3.63) is 77.0 Å². The quantitative estimate of drug-likeness (QED) is 0.351. The monoisotopic (exact) mass is 531 g/mol. The van der Waals surface area contributed by atoms with Crippen molar-refractivity contribution in [2.24, 2.45) is 0 Å². The summed E-state index contributed by atoms with van der Waals surface area (Å²) in [6.45, 7) is 8.50. The molecule has 0 atom stereocenters. The van der Waals surface area contributed by atoms with E-state index in [0.29, 0.717) is 30.8 Å². The predicted molar refractivity (Wildman–Crippen MR) is 150 cm³/mol. The molecule has 1 N–H and O–H groups in total. The largest absolute Gasteiger partial charge is 0.438 e. The molecule has 1 aliphatic rings. The van der Waals surface area contributed by atoms with Gasteiger partial charge >= 0.3 is 0 Å². The maximum Gasteiger partial charge on any atom is 0.230 e. The number of sulfonamides is 1. The Kier molecular flexibility index (Phi) is 8.45. The second-order valence-corrected chi connectivity index (χ2v) is 12.3. The van der Waals surface area contributed by atoms with E-state index in [1.807, 2.05) is 44.2 Å². The molecule has 1 aliphatic heterocycles. The third-order valence-electron chi connectivity index (χ3n) is 6.72. The van der Waals surface area contributed by atoms with Crippen LogP contribution in [0.3, 0.4) is 0 Å². The van der Waals surface area contributed by atoms with Gasteiger partial charge in [0.25, 0.3) is 0 Å². The molecule has 0 aliphatic carbocycles. The molecule has 0 spiro atoms. The van der Waals surface area contributed by atoms with Gasteiger partial charge in [0.1, 0.15) is 5.75 Å². The molecule has 1 saturated heterocycles. The molecular weight excluding hydrogens is 498 g/mol. The van der Waals surface area contributed by atoms with Crippen LogP contribution in [0.1, 0.15) is 54.9 Å². The van der Waals surface area contributed by atoms with E-state index in [2.05, 4.69) is 27.4 Å². The first-order valence-electron chi connectivity index (χ1n) is 12.7. The minimum Gasteiger partial charge on any atom is -0.438 e. The summed E-state index contributed by atoms with van der Waals surface area (Å²) in [5, 5.41) is 11.6. The average molecular weight is 532 g/mol.